The number of nitrogens with one attached hydrogen (secondary N) is 1. The Bertz CT molecular complexity index is 795. The van der Waals surface area contributed by atoms with Gasteiger partial charge in [-0.15, -0.1) is 0 Å². The van der Waals surface area contributed by atoms with Crippen molar-refractivity contribution in [2.24, 2.45) is 7.05 Å². The number of benzene rings is 1. The van der Waals surface area contributed by atoms with Crippen molar-refractivity contribution in [3.8, 4) is 0 Å². The SMILES string of the molecule is Cn1cc(C(=O)Nc2cc[c]nc2Cl)c2ccccc21. The summed E-state index contributed by atoms with van der Waals surface area (Å²) in [6, 6.07) is 11.0. The van der Waals surface area contributed by atoms with E-state index in [0.717, 1.165) is 10.9 Å². The van der Waals surface area contributed by atoms with Gasteiger partial charge in [0, 0.05) is 24.1 Å². The molecule has 3 rings (SSSR count). The molecule has 0 aliphatic carbocycles. The van der Waals surface area contributed by atoms with Crippen molar-refractivity contribution >= 4 is 34.1 Å². The first-order chi connectivity index (χ1) is 9.66. The van der Waals surface area contributed by atoms with E-state index < -0.39 is 0 Å². The summed E-state index contributed by atoms with van der Waals surface area (Å²) in [4.78, 5) is 16.2. The molecular weight excluding hydrogens is 274 g/mol. The normalized spacial score (nSPS) is 10.7. The van der Waals surface area contributed by atoms with Gasteiger partial charge in [-0.25, -0.2) is 4.98 Å². The molecule has 3 aromatic rings. The second kappa shape index (κ2) is 4.98. The van der Waals surface area contributed by atoms with Crippen LogP contribution < -0.4 is 5.32 Å². The predicted molar refractivity (Wildman–Crippen MR) is 79.0 cm³/mol. The molecule has 20 heavy (non-hydrogen) atoms. The number of fused-ring (bicyclic) bond motifs is 1. The van der Waals surface area contributed by atoms with E-state index in [1.165, 1.54) is 0 Å². The number of halogens is 1. The number of anilines is 1. The van der Waals surface area contributed by atoms with Gasteiger partial charge in [-0.1, -0.05) is 29.8 Å². The van der Waals surface area contributed by atoms with Gasteiger partial charge in [0.05, 0.1) is 17.4 Å². The molecule has 0 fully saturated rings. The maximum atomic E-state index is 12.4. The van der Waals surface area contributed by atoms with E-state index in [0.29, 0.717) is 11.3 Å². The Labute approximate surface area is 121 Å². The summed E-state index contributed by atoms with van der Waals surface area (Å²) in [6.07, 6.45) is 4.41. The van der Waals surface area contributed by atoms with E-state index in [1.807, 2.05) is 35.9 Å². The topological polar surface area (TPSA) is 46.9 Å². The van der Waals surface area contributed by atoms with Crippen LogP contribution in [0, 0.1) is 6.20 Å². The third-order valence-corrected chi connectivity index (χ3v) is 3.39. The molecule has 0 bridgehead atoms. The maximum absolute atomic E-state index is 12.4. The Balaban J connectivity index is 2.00. The zero-order valence-electron chi connectivity index (χ0n) is 10.7. The van der Waals surface area contributed by atoms with Gasteiger partial charge < -0.3 is 9.88 Å². The first-order valence-electron chi connectivity index (χ1n) is 6.05. The number of hydrogen-bond donors (Lipinski definition) is 1. The molecule has 4 nitrogen and oxygen atoms in total. The zero-order valence-corrected chi connectivity index (χ0v) is 11.5. The minimum absolute atomic E-state index is 0.211. The lowest BCUT2D eigenvalue weighted by atomic mass is 10.1. The van der Waals surface area contributed by atoms with Gasteiger partial charge in [-0.05, 0) is 18.2 Å². The lowest BCUT2D eigenvalue weighted by Gasteiger charge is -2.05. The van der Waals surface area contributed by atoms with Crippen LogP contribution in [0.3, 0.4) is 0 Å². The Kier molecular flexibility index (Phi) is 3.16. The van der Waals surface area contributed by atoms with Crippen molar-refractivity contribution in [2.45, 2.75) is 0 Å². The lowest BCUT2D eigenvalue weighted by Crippen LogP contribution is -2.12. The number of amides is 1. The van der Waals surface area contributed by atoms with Crippen molar-refractivity contribution in [1.29, 1.82) is 0 Å². The van der Waals surface area contributed by atoms with E-state index >= 15 is 0 Å². The van der Waals surface area contributed by atoms with Crippen LogP contribution in [-0.2, 0) is 7.05 Å². The first kappa shape index (κ1) is 12.7. The molecule has 0 atom stereocenters. The summed E-state index contributed by atoms with van der Waals surface area (Å²) in [6.45, 7) is 0. The molecule has 1 amide bonds. The standard InChI is InChI=1S/C15H11ClN3O/c1-19-9-11(10-5-2-3-7-13(10)19)15(20)18-12-6-4-8-17-14(12)16/h2-7,9H,1H3,(H,18,20). The fraction of sp³-hybridized carbons (Fsp3) is 0.0667. The largest absolute Gasteiger partial charge is 0.350 e. The van der Waals surface area contributed by atoms with Crippen LogP contribution in [0.1, 0.15) is 10.4 Å². The molecular formula is C15H11ClN3O. The molecule has 5 heteroatoms. The Hall–Kier alpha value is -2.33. The predicted octanol–water partition coefficient (Wildman–Crippen LogP) is 3.28. The Morgan fingerprint density at radius 1 is 1.35 bits per heavy atom. The molecule has 1 N–H and O–H groups in total. The number of pyridine rings is 1. The molecule has 99 valence electrons. The summed E-state index contributed by atoms with van der Waals surface area (Å²) >= 11 is 5.92. The van der Waals surface area contributed by atoms with Crippen LogP contribution in [0.15, 0.2) is 42.6 Å². The van der Waals surface area contributed by atoms with E-state index in [9.17, 15) is 4.79 Å². The van der Waals surface area contributed by atoms with Gasteiger partial charge in [0.2, 0.25) is 0 Å². The molecule has 0 unspecified atom stereocenters. The fourth-order valence-electron chi connectivity index (χ4n) is 2.15. The van der Waals surface area contributed by atoms with Crippen LogP contribution in [0.4, 0.5) is 5.69 Å². The quantitative estimate of drug-likeness (QED) is 0.734. The molecule has 2 heterocycles. The lowest BCUT2D eigenvalue weighted by molar-refractivity contribution is 0.102. The zero-order chi connectivity index (χ0) is 14.1. The second-order valence-corrected chi connectivity index (χ2v) is 4.76. The fourth-order valence-corrected chi connectivity index (χ4v) is 2.31. The third-order valence-electron chi connectivity index (χ3n) is 3.10. The van der Waals surface area contributed by atoms with E-state index in [1.54, 1.807) is 18.3 Å². The number of aryl methyl sites for hydroxylation is 1. The average molecular weight is 285 g/mol. The van der Waals surface area contributed by atoms with E-state index in [-0.39, 0.29) is 11.1 Å². The summed E-state index contributed by atoms with van der Waals surface area (Å²) < 4.78 is 1.92. The van der Waals surface area contributed by atoms with Crippen LogP contribution >= 0.6 is 11.6 Å². The van der Waals surface area contributed by atoms with Crippen LogP contribution in [-0.4, -0.2) is 15.5 Å². The van der Waals surface area contributed by atoms with Gasteiger partial charge in [0.1, 0.15) is 0 Å². The second-order valence-electron chi connectivity index (χ2n) is 4.40. The molecule has 0 saturated heterocycles. The highest BCUT2D eigenvalue weighted by atomic mass is 35.5. The molecule has 1 aromatic carbocycles. The average Bonchev–Trinajstić information content (AvgIpc) is 2.79. The van der Waals surface area contributed by atoms with Gasteiger partial charge >= 0.3 is 0 Å². The first-order valence-corrected chi connectivity index (χ1v) is 6.42. The molecule has 1 radical (unpaired) electrons. The van der Waals surface area contributed by atoms with Crippen molar-refractivity contribution in [2.75, 3.05) is 5.32 Å². The highest BCUT2D eigenvalue weighted by molar-refractivity contribution is 6.32. The Morgan fingerprint density at radius 3 is 2.95 bits per heavy atom. The number of para-hydroxylation sites is 1. The molecule has 0 spiro atoms. The van der Waals surface area contributed by atoms with Gasteiger partial charge in [0.25, 0.3) is 5.91 Å². The number of carbonyl (C=O) groups excluding carboxylic acids is 1. The summed E-state index contributed by atoms with van der Waals surface area (Å²) in [5, 5.41) is 3.89. The van der Waals surface area contributed by atoms with Crippen LogP contribution in [0.25, 0.3) is 10.9 Å². The monoisotopic (exact) mass is 284 g/mol. The minimum Gasteiger partial charge on any atom is -0.350 e. The minimum atomic E-state index is -0.211. The van der Waals surface area contributed by atoms with Crippen molar-refractivity contribution < 1.29 is 4.79 Å². The number of nitrogens with zero attached hydrogens (tertiary/aromatic N) is 2. The number of aromatic nitrogens is 2. The summed E-state index contributed by atoms with van der Waals surface area (Å²) in [5.41, 5.74) is 2.08. The summed E-state index contributed by atoms with van der Waals surface area (Å²) in [5.74, 6) is -0.211. The Morgan fingerprint density at radius 2 is 2.15 bits per heavy atom. The number of carbonyl (C=O) groups is 1. The molecule has 2 aromatic heterocycles. The van der Waals surface area contributed by atoms with Gasteiger partial charge in [0.15, 0.2) is 5.15 Å². The third kappa shape index (κ3) is 2.14. The van der Waals surface area contributed by atoms with Gasteiger partial charge in [-0.2, -0.15) is 0 Å². The molecule has 0 aliphatic heterocycles. The highest BCUT2D eigenvalue weighted by Crippen LogP contribution is 2.23. The van der Waals surface area contributed by atoms with Crippen LogP contribution in [0.5, 0.6) is 0 Å². The highest BCUT2D eigenvalue weighted by Gasteiger charge is 2.14. The number of hydrogen-bond acceptors (Lipinski definition) is 2. The van der Waals surface area contributed by atoms with Crippen molar-refractivity contribution in [1.82, 2.24) is 9.55 Å². The maximum Gasteiger partial charge on any atom is 0.257 e. The van der Waals surface area contributed by atoms with Gasteiger partial charge in [-0.3, -0.25) is 4.79 Å². The van der Waals surface area contributed by atoms with E-state index in [2.05, 4.69) is 16.5 Å². The molecule has 0 saturated carbocycles. The van der Waals surface area contributed by atoms with Crippen LogP contribution in [0.2, 0.25) is 5.15 Å². The smallest absolute Gasteiger partial charge is 0.257 e. The van der Waals surface area contributed by atoms with E-state index in [4.69, 9.17) is 11.6 Å². The summed E-state index contributed by atoms with van der Waals surface area (Å²) in [7, 11) is 1.91. The van der Waals surface area contributed by atoms with Crippen molar-refractivity contribution in [3.63, 3.8) is 0 Å². The van der Waals surface area contributed by atoms with Crippen molar-refractivity contribution in [3.05, 3.63) is 59.5 Å². The molecule has 0 aliphatic rings. The number of rotatable bonds is 2.